The van der Waals surface area contributed by atoms with Crippen molar-refractivity contribution in [2.75, 3.05) is 5.32 Å². The zero-order chi connectivity index (χ0) is 20.0. The molecular weight excluding hydrogens is 358 g/mol. The number of carbonyl (C=O) groups excluding carboxylic acids is 1. The number of fused-ring (bicyclic) bond motifs is 4. The van der Waals surface area contributed by atoms with Gasteiger partial charge in [0.15, 0.2) is 0 Å². The van der Waals surface area contributed by atoms with E-state index in [2.05, 4.69) is 54.7 Å². The number of hydrogen-bond donors (Lipinski definition) is 2. The van der Waals surface area contributed by atoms with E-state index in [1.54, 1.807) is 0 Å². The number of rotatable bonds is 2. The molecule has 2 N–H and O–H groups in total. The lowest BCUT2D eigenvalue weighted by Gasteiger charge is -2.24. The summed E-state index contributed by atoms with van der Waals surface area (Å²) in [5, 5.41) is 13.3. The van der Waals surface area contributed by atoms with E-state index in [0.717, 1.165) is 42.5 Å². The summed E-state index contributed by atoms with van der Waals surface area (Å²) in [6.45, 7) is 2.10. The van der Waals surface area contributed by atoms with Crippen LogP contribution < -0.4 is 5.32 Å². The average Bonchev–Trinajstić information content (AvgIpc) is 2.98. The van der Waals surface area contributed by atoms with E-state index in [9.17, 15) is 9.90 Å². The molecule has 5 rings (SSSR count). The van der Waals surface area contributed by atoms with E-state index in [1.165, 1.54) is 34.3 Å². The third-order valence-electron chi connectivity index (χ3n) is 6.62. The number of allylic oxidation sites excluding steroid dienone is 1. The summed E-state index contributed by atoms with van der Waals surface area (Å²) in [6, 6.07) is 12.8. The lowest BCUT2D eigenvalue weighted by molar-refractivity contribution is -0.115. The molecule has 0 aromatic heterocycles. The van der Waals surface area contributed by atoms with E-state index >= 15 is 0 Å². The van der Waals surface area contributed by atoms with Crippen LogP contribution in [0, 0.1) is 12.8 Å². The van der Waals surface area contributed by atoms with Gasteiger partial charge in [-0.25, -0.2) is 0 Å². The van der Waals surface area contributed by atoms with Gasteiger partial charge in [-0.1, -0.05) is 54.8 Å². The quantitative estimate of drug-likeness (QED) is 0.730. The standard InChI is InChI=1S/C26H27NO2/c1-16-6-9-19-14-21-22(20(19)12-16)15-26(29)27-24-11-8-17(13-23(21)24)7-10-18-4-2-3-5-25(18)28/h6-13,18,25,28H,2-5,14-15H2,1H3,(H,27,29)/b10-7+. The van der Waals surface area contributed by atoms with Crippen molar-refractivity contribution in [2.24, 2.45) is 5.92 Å². The molecule has 2 aromatic carbocycles. The monoisotopic (exact) mass is 385 g/mol. The molecule has 1 heterocycles. The zero-order valence-corrected chi connectivity index (χ0v) is 16.9. The Labute approximate surface area is 172 Å². The van der Waals surface area contributed by atoms with Gasteiger partial charge in [-0.2, -0.15) is 0 Å². The van der Waals surface area contributed by atoms with Crippen LogP contribution in [-0.2, 0) is 11.2 Å². The predicted molar refractivity (Wildman–Crippen MR) is 118 cm³/mol. The first-order chi connectivity index (χ1) is 14.1. The van der Waals surface area contributed by atoms with Crippen LogP contribution in [0.4, 0.5) is 5.69 Å². The first-order valence-corrected chi connectivity index (χ1v) is 10.7. The first-order valence-electron chi connectivity index (χ1n) is 10.7. The fourth-order valence-electron chi connectivity index (χ4n) is 5.02. The molecule has 1 amide bonds. The van der Waals surface area contributed by atoms with Crippen molar-refractivity contribution < 1.29 is 9.90 Å². The Balaban J connectivity index is 1.53. The Morgan fingerprint density at radius 1 is 1.00 bits per heavy atom. The molecule has 0 bridgehead atoms. The highest BCUT2D eigenvalue weighted by Crippen LogP contribution is 2.44. The lowest BCUT2D eigenvalue weighted by atomic mass is 9.86. The third kappa shape index (κ3) is 3.44. The summed E-state index contributed by atoms with van der Waals surface area (Å²) in [5.41, 5.74) is 9.37. The van der Waals surface area contributed by atoms with E-state index in [1.807, 2.05) is 6.07 Å². The first kappa shape index (κ1) is 18.4. The SMILES string of the molecule is Cc1ccc2c(c1)C1=C(C2)c2cc(/C=C/C3CCCCC3O)ccc2NC(=O)C1. The van der Waals surface area contributed by atoms with Crippen molar-refractivity contribution in [3.63, 3.8) is 0 Å². The fourth-order valence-corrected chi connectivity index (χ4v) is 5.02. The molecule has 0 saturated heterocycles. The second kappa shape index (κ2) is 7.31. The van der Waals surface area contributed by atoms with Gasteiger partial charge in [0, 0.05) is 17.2 Å². The van der Waals surface area contributed by atoms with Gasteiger partial charge in [-0.15, -0.1) is 0 Å². The topological polar surface area (TPSA) is 49.3 Å². The number of hydrogen-bond acceptors (Lipinski definition) is 2. The molecule has 1 saturated carbocycles. The molecule has 0 spiro atoms. The Bertz CT molecular complexity index is 1050. The van der Waals surface area contributed by atoms with Crippen LogP contribution in [-0.4, -0.2) is 17.1 Å². The Hall–Kier alpha value is -2.65. The van der Waals surface area contributed by atoms with E-state index in [4.69, 9.17) is 0 Å². The van der Waals surface area contributed by atoms with E-state index < -0.39 is 0 Å². The molecule has 3 heteroatoms. The van der Waals surface area contributed by atoms with Gasteiger partial charge >= 0.3 is 0 Å². The van der Waals surface area contributed by atoms with Crippen molar-refractivity contribution in [1.29, 1.82) is 0 Å². The number of amides is 1. The number of benzene rings is 2. The Kier molecular flexibility index (Phi) is 4.63. The summed E-state index contributed by atoms with van der Waals surface area (Å²) >= 11 is 0. The number of aryl methyl sites for hydroxylation is 1. The van der Waals surface area contributed by atoms with Crippen LogP contribution >= 0.6 is 0 Å². The Morgan fingerprint density at radius 3 is 2.69 bits per heavy atom. The van der Waals surface area contributed by atoms with Gasteiger partial charge in [-0.05, 0) is 66.2 Å². The van der Waals surface area contributed by atoms with Crippen LogP contribution in [0.3, 0.4) is 0 Å². The number of nitrogens with one attached hydrogen (secondary N) is 1. The fraction of sp³-hybridized carbons (Fsp3) is 0.346. The smallest absolute Gasteiger partial charge is 0.228 e. The van der Waals surface area contributed by atoms with Gasteiger partial charge in [0.1, 0.15) is 0 Å². The second-order valence-corrected chi connectivity index (χ2v) is 8.70. The molecule has 1 aliphatic heterocycles. The average molecular weight is 386 g/mol. The lowest BCUT2D eigenvalue weighted by Crippen LogP contribution is -2.22. The zero-order valence-electron chi connectivity index (χ0n) is 16.9. The van der Waals surface area contributed by atoms with Crippen LogP contribution in [0.15, 0.2) is 42.5 Å². The van der Waals surface area contributed by atoms with Crippen molar-refractivity contribution in [1.82, 2.24) is 0 Å². The van der Waals surface area contributed by atoms with Crippen LogP contribution in [0.2, 0.25) is 0 Å². The molecule has 0 radical (unpaired) electrons. The maximum Gasteiger partial charge on any atom is 0.228 e. The normalized spacial score (nSPS) is 23.4. The van der Waals surface area contributed by atoms with Crippen LogP contribution in [0.5, 0.6) is 0 Å². The van der Waals surface area contributed by atoms with Crippen molar-refractivity contribution in [3.05, 3.63) is 70.3 Å². The minimum Gasteiger partial charge on any atom is -0.393 e. The summed E-state index contributed by atoms with van der Waals surface area (Å²) in [6.07, 6.45) is 9.67. The van der Waals surface area contributed by atoms with E-state index in [-0.39, 0.29) is 17.9 Å². The molecule has 29 heavy (non-hydrogen) atoms. The van der Waals surface area contributed by atoms with Crippen LogP contribution in [0.1, 0.15) is 59.9 Å². The number of aliphatic hydroxyl groups is 1. The highest BCUT2D eigenvalue weighted by Gasteiger charge is 2.29. The van der Waals surface area contributed by atoms with Gasteiger partial charge in [-0.3, -0.25) is 4.79 Å². The Morgan fingerprint density at radius 2 is 1.83 bits per heavy atom. The maximum atomic E-state index is 12.5. The van der Waals surface area contributed by atoms with Gasteiger partial charge in [0.25, 0.3) is 0 Å². The van der Waals surface area contributed by atoms with Crippen molar-refractivity contribution in [2.45, 2.75) is 51.6 Å². The molecule has 2 atom stereocenters. The van der Waals surface area contributed by atoms with Gasteiger partial charge < -0.3 is 10.4 Å². The van der Waals surface area contributed by atoms with E-state index in [0.29, 0.717) is 6.42 Å². The molecule has 2 unspecified atom stereocenters. The van der Waals surface area contributed by atoms with Crippen molar-refractivity contribution >= 4 is 28.8 Å². The molecule has 148 valence electrons. The van der Waals surface area contributed by atoms with Crippen LogP contribution in [0.25, 0.3) is 17.2 Å². The molecule has 2 aliphatic carbocycles. The molecule has 2 aromatic rings. The summed E-state index contributed by atoms with van der Waals surface area (Å²) in [5.74, 6) is 0.301. The highest BCUT2D eigenvalue weighted by atomic mass is 16.3. The summed E-state index contributed by atoms with van der Waals surface area (Å²) in [4.78, 5) is 12.5. The summed E-state index contributed by atoms with van der Waals surface area (Å²) < 4.78 is 0. The number of aliphatic hydroxyl groups excluding tert-OH is 1. The summed E-state index contributed by atoms with van der Waals surface area (Å²) in [7, 11) is 0. The molecule has 3 nitrogen and oxygen atoms in total. The highest BCUT2D eigenvalue weighted by molar-refractivity contribution is 6.12. The largest absolute Gasteiger partial charge is 0.393 e. The third-order valence-corrected chi connectivity index (χ3v) is 6.62. The number of anilines is 1. The molecule has 1 fully saturated rings. The van der Waals surface area contributed by atoms with Crippen molar-refractivity contribution in [3.8, 4) is 0 Å². The molecule has 3 aliphatic rings. The maximum absolute atomic E-state index is 12.5. The second-order valence-electron chi connectivity index (χ2n) is 8.70. The predicted octanol–water partition coefficient (Wildman–Crippen LogP) is 5.37. The number of carbonyl (C=O) groups is 1. The van der Waals surface area contributed by atoms with Gasteiger partial charge in [0.05, 0.1) is 12.5 Å². The van der Waals surface area contributed by atoms with Gasteiger partial charge in [0.2, 0.25) is 5.91 Å². The molecular formula is C26H27NO2. The minimum atomic E-state index is -0.220. The minimum absolute atomic E-state index is 0.0548.